The summed E-state index contributed by atoms with van der Waals surface area (Å²) in [5, 5.41) is 9.51. The molecule has 1 aliphatic heterocycles. The topological polar surface area (TPSA) is 85.3 Å². The average molecular weight is 312 g/mol. The molecular formula is C18H20N2O3. The Balaban J connectivity index is 2.66. The number of benzene rings is 1. The minimum absolute atomic E-state index is 0.0306. The van der Waals surface area contributed by atoms with Crippen molar-refractivity contribution in [1.29, 1.82) is 5.26 Å². The maximum atomic E-state index is 12.4. The molecule has 0 saturated heterocycles. The molecule has 1 aromatic carbocycles. The van der Waals surface area contributed by atoms with Gasteiger partial charge in [0.2, 0.25) is 5.88 Å². The smallest absolute Gasteiger partial charge is 0.338 e. The summed E-state index contributed by atoms with van der Waals surface area (Å²) in [5.41, 5.74) is 9.35. The third kappa shape index (κ3) is 3.07. The van der Waals surface area contributed by atoms with Crippen LogP contribution in [0.2, 0.25) is 0 Å². The Morgan fingerprint density at radius 2 is 2.09 bits per heavy atom. The van der Waals surface area contributed by atoms with Gasteiger partial charge in [-0.15, -0.1) is 0 Å². The number of hydrogen-bond acceptors (Lipinski definition) is 5. The van der Waals surface area contributed by atoms with E-state index in [4.69, 9.17) is 15.2 Å². The van der Waals surface area contributed by atoms with Gasteiger partial charge in [0, 0.05) is 0 Å². The van der Waals surface area contributed by atoms with Crippen LogP contribution in [-0.2, 0) is 14.3 Å². The van der Waals surface area contributed by atoms with Gasteiger partial charge in [-0.05, 0) is 38.8 Å². The normalized spacial score (nSPS) is 17.6. The summed E-state index contributed by atoms with van der Waals surface area (Å²) in [6.45, 7) is 7.57. The summed E-state index contributed by atoms with van der Waals surface area (Å²) in [6, 6.07) is 7.95. The van der Waals surface area contributed by atoms with Gasteiger partial charge >= 0.3 is 5.97 Å². The van der Waals surface area contributed by atoms with Crippen molar-refractivity contribution in [2.45, 2.75) is 33.6 Å². The van der Waals surface area contributed by atoms with Crippen molar-refractivity contribution in [1.82, 2.24) is 0 Å². The van der Waals surface area contributed by atoms with Crippen LogP contribution in [-0.4, -0.2) is 12.6 Å². The summed E-state index contributed by atoms with van der Waals surface area (Å²) < 4.78 is 10.5. The molecule has 1 heterocycles. The summed E-state index contributed by atoms with van der Waals surface area (Å²) in [5.74, 6) is -0.670. The highest BCUT2D eigenvalue weighted by atomic mass is 16.5. The van der Waals surface area contributed by atoms with Crippen LogP contribution in [0.25, 0.3) is 0 Å². The van der Waals surface area contributed by atoms with Crippen LogP contribution in [0.3, 0.4) is 0 Å². The first kappa shape index (κ1) is 16.6. The Morgan fingerprint density at radius 3 is 2.65 bits per heavy atom. The first-order valence-corrected chi connectivity index (χ1v) is 7.43. The molecular weight excluding hydrogens is 292 g/mol. The molecule has 23 heavy (non-hydrogen) atoms. The van der Waals surface area contributed by atoms with E-state index in [1.54, 1.807) is 13.8 Å². The van der Waals surface area contributed by atoms with Gasteiger partial charge in [-0.2, -0.15) is 5.26 Å². The minimum atomic E-state index is -0.576. The van der Waals surface area contributed by atoms with E-state index in [1.807, 2.05) is 32.0 Å². The van der Waals surface area contributed by atoms with Crippen molar-refractivity contribution in [3.63, 3.8) is 0 Å². The molecule has 0 fully saturated rings. The number of nitrogens with zero attached hydrogens (tertiary/aromatic N) is 1. The first-order valence-electron chi connectivity index (χ1n) is 7.43. The van der Waals surface area contributed by atoms with Crippen molar-refractivity contribution >= 4 is 5.97 Å². The zero-order valence-electron chi connectivity index (χ0n) is 13.8. The van der Waals surface area contributed by atoms with Gasteiger partial charge < -0.3 is 15.2 Å². The van der Waals surface area contributed by atoms with Gasteiger partial charge in [-0.1, -0.05) is 23.8 Å². The van der Waals surface area contributed by atoms with E-state index in [-0.39, 0.29) is 18.1 Å². The predicted octanol–water partition coefficient (Wildman–Crippen LogP) is 2.95. The quantitative estimate of drug-likeness (QED) is 0.867. The van der Waals surface area contributed by atoms with Gasteiger partial charge in [-0.25, -0.2) is 4.79 Å². The molecule has 1 unspecified atom stereocenters. The van der Waals surface area contributed by atoms with Crippen LogP contribution >= 0.6 is 0 Å². The lowest BCUT2D eigenvalue weighted by Gasteiger charge is -2.27. The van der Waals surface area contributed by atoms with Crippen LogP contribution in [0.5, 0.6) is 0 Å². The van der Waals surface area contributed by atoms with Gasteiger partial charge in [0.15, 0.2) is 0 Å². The van der Waals surface area contributed by atoms with E-state index in [2.05, 4.69) is 6.07 Å². The number of ether oxygens (including phenoxy) is 2. The molecule has 1 aliphatic rings. The van der Waals surface area contributed by atoms with Crippen LogP contribution in [0.1, 0.15) is 36.5 Å². The molecule has 0 amide bonds. The Labute approximate surface area is 136 Å². The van der Waals surface area contributed by atoms with Crippen molar-refractivity contribution in [2.24, 2.45) is 5.73 Å². The SMILES string of the molecule is CCOC(=O)C1=C(C)OC(N)=C(C#N)C1c1ccc(C)cc1C. The van der Waals surface area contributed by atoms with Crippen LogP contribution in [0.15, 0.2) is 41.0 Å². The molecule has 0 radical (unpaired) electrons. The third-order valence-corrected chi connectivity index (χ3v) is 3.84. The molecule has 5 nitrogen and oxygen atoms in total. The molecule has 1 atom stereocenters. The Bertz CT molecular complexity index is 754. The molecule has 1 aromatic rings. The molecule has 0 aliphatic carbocycles. The highest BCUT2D eigenvalue weighted by Gasteiger charge is 2.36. The van der Waals surface area contributed by atoms with E-state index in [9.17, 15) is 10.1 Å². The molecule has 120 valence electrons. The van der Waals surface area contributed by atoms with Crippen molar-refractivity contribution in [3.8, 4) is 6.07 Å². The number of allylic oxidation sites excluding steroid dienone is 2. The van der Waals surface area contributed by atoms with E-state index >= 15 is 0 Å². The number of nitrogens with two attached hydrogens (primary N) is 1. The number of rotatable bonds is 3. The summed E-state index contributed by atoms with van der Waals surface area (Å²) in [6.07, 6.45) is 0. The van der Waals surface area contributed by atoms with Gasteiger partial charge in [0.05, 0.1) is 18.1 Å². The number of hydrogen-bond donors (Lipinski definition) is 1. The van der Waals surface area contributed by atoms with Crippen molar-refractivity contribution in [2.75, 3.05) is 6.61 Å². The standard InChI is InChI=1S/C18H20N2O3/c1-5-22-18(21)15-12(4)23-17(20)14(9-19)16(15)13-7-6-10(2)8-11(13)3/h6-8,16H,5,20H2,1-4H3. The van der Waals surface area contributed by atoms with Crippen molar-refractivity contribution < 1.29 is 14.3 Å². The van der Waals surface area contributed by atoms with Crippen LogP contribution in [0, 0.1) is 25.2 Å². The highest BCUT2D eigenvalue weighted by Crippen LogP contribution is 2.40. The second kappa shape index (κ2) is 6.57. The number of aryl methyl sites for hydroxylation is 2. The molecule has 0 aromatic heterocycles. The predicted molar refractivity (Wildman–Crippen MR) is 85.9 cm³/mol. The maximum absolute atomic E-state index is 12.4. The van der Waals surface area contributed by atoms with Gasteiger partial charge in [-0.3, -0.25) is 0 Å². The van der Waals surface area contributed by atoms with Crippen molar-refractivity contribution in [3.05, 3.63) is 57.7 Å². The highest BCUT2D eigenvalue weighted by molar-refractivity contribution is 5.92. The zero-order valence-corrected chi connectivity index (χ0v) is 13.8. The molecule has 0 spiro atoms. The summed E-state index contributed by atoms with van der Waals surface area (Å²) in [4.78, 5) is 12.4. The minimum Gasteiger partial charge on any atom is -0.463 e. The van der Waals surface area contributed by atoms with Gasteiger partial charge in [0.25, 0.3) is 0 Å². The molecule has 2 rings (SSSR count). The Morgan fingerprint density at radius 1 is 1.39 bits per heavy atom. The fraction of sp³-hybridized carbons (Fsp3) is 0.333. The molecule has 2 N–H and O–H groups in total. The van der Waals surface area contributed by atoms with E-state index in [1.165, 1.54) is 0 Å². The number of carbonyl (C=O) groups excluding carboxylic acids is 1. The Hall–Kier alpha value is -2.74. The Kier molecular flexibility index (Phi) is 4.75. The second-order valence-electron chi connectivity index (χ2n) is 5.48. The lowest BCUT2D eigenvalue weighted by atomic mass is 9.81. The fourth-order valence-corrected chi connectivity index (χ4v) is 2.82. The number of nitriles is 1. The van der Waals surface area contributed by atoms with Gasteiger partial charge in [0.1, 0.15) is 17.4 Å². The maximum Gasteiger partial charge on any atom is 0.338 e. The molecule has 5 heteroatoms. The van der Waals surface area contributed by atoms with Crippen LogP contribution in [0.4, 0.5) is 0 Å². The number of esters is 1. The van der Waals surface area contributed by atoms with Crippen LogP contribution < -0.4 is 5.73 Å². The monoisotopic (exact) mass is 312 g/mol. The zero-order chi connectivity index (χ0) is 17.1. The van der Waals surface area contributed by atoms with E-state index in [0.717, 1.165) is 16.7 Å². The molecule has 0 saturated carbocycles. The second-order valence-corrected chi connectivity index (χ2v) is 5.48. The third-order valence-electron chi connectivity index (χ3n) is 3.84. The summed E-state index contributed by atoms with van der Waals surface area (Å²) >= 11 is 0. The lowest BCUT2D eigenvalue weighted by Crippen LogP contribution is -2.26. The largest absolute Gasteiger partial charge is 0.463 e. The fourth-order valence-electron chi connectivity index (χ4n) is 2.82. The van der Waals surface area contributed by atoms with E-state index in [0.29, 0.717) is 11.3 Å². The van der Waals surface area contributed by atoms with E-state index < -0.39 is 11.9 Å². The average Bonchev–Trinajstić information content (AvgIpc) is 2.46. The number of carbonyl (C=O) groups is 1. The summed E-state index contributed by atoms with van der Waals surface area (Å²) in [7, 11) is 0. The first-order chi connectivity index (χ1) is 10.9. The molecule has 0 bridgehead atoms. The lowest BCUT2D eigenvalue weighted by molar-refractivity contribution is -0.139.